The molecule has 0 spiro atoms. The van der Waals surface area contributed by atoms with E-state index >= 15 is 0 Å². The summed E-state index contributed by atoms with van der Waals surface area (Å²) in [5.41, 5.74) is 3.56. The maximum atomic E-state index is 14.6. The number of ether oxygens (including phenoxy) is 1. The van der Waals surface area contributed by atoms with Gasteiger partial charge in [0.25, 0.3) is 6.43 Å². The van der Waals surface area contributed by atoms with Crippen molar-refractivity contribution in [1.29, 1.82) is 0 Å². The molecule has 0 N–H and O–H groups in total. The molecule has 0 aliphatic heterocycles. The van der Waals surface area contributed by atoms with Crippen molar-refractivity contribution >= 4 is 0 Å². The van der Waals surface area contributed by atoms with Gasteiger partial charge in [0.05, 0.1) is 12.2 Å². The summed E-state index contributed by atoms with van der Waals surface area (Å²) < 4.78 is 47.1. The highest BCUT2D eigenvalue weighted by atomic mass is 19.3. The predicted molar refractivity (Wildman–Crippen MR) is 133 cm³/mol. The monoisotopic (exact) mass is 466 g/mol. The molecule has 1 nitrogen and oxygen atoms in total. The van der Waals surface area contributed by atoms with E-state index in [4.69, 9.17) is 4.74 Å². The Bertz CT molecular complexity index is 1070. The van der Waals surface area contributed by atoms with Crippen LogP contribution in [0, 0.1) is 17.7 Å². The summed E-state index contributed by atoms with van der Waals surface area (Å²) in [6.07, 6.45) is 4.88. The summed E-state index contributed by atoms with van der Waals surface area (Å²) >= 11 is 0. The van der Waals surface area contributed by atoms with Crippen LogP contribution in [0.4, 0.5) is 13.2 Å². The lowest BCUT2D eigenvalue weighted by Gasteiger charge is -2.26. The lowest BCUT2D eigenvalue weighted by Crippen LogP contribution is -2.12. The van der Waals surface area contributed by atoms with E-state index < -0.39 is 17.8 Å². The van der Waals surface area contributed by atoms with Crippen LogP contribution in [0.2, 0.25) is 0 Å². The molecule has 0 radical (unpaired) electrons. The van der Waals surface area contributed by atoms with Gasteiger partial charge in [-0.05, 0) is 71.6 Å². The van der Waals surface area contributed by atoms with Crippen molar-refractivity contribution in [3.8, 4) is 28.0 Å². The lowest BCUT2D eigenvalue weighted by atomic mass is 9.80. The van der Waals surface area contributed by atoms with Crippen LogP contribution in [-0.4, -0.2) is 6.61 Å². The van der Waals surface area contributed by atoms with Crippen LogP contribution in [0.15, 0.2) is 60.7 Å². The van der Waals surface area contributed by atoms with Crippen LogP contribution in [0.25, 0.3) is 22.3 Å². The first kappa shape index (κ1) is 24.4. The number of rotatable bonds is 8. The molecule has 3 aromatic rings. The zero-order chi connectivity index (χ0) is 24.1. The van der Waals surface area contributed by atoms with E-state index in [0.29, 0.717) is 5.56 Å². The third-order valence-corrected chi connectivity index (χ3v) is 7.12. The van der Waals surface area contributed by atoms with Gasteiger partial charge in [0, 0.05) is 0 Å². The summed E-state index contributed by atoms with van der Waals surface area (Å²) in [6, 6.07) is 18.9. The van der Waals surface area contributed by atoms with Gasteiger partial charge < -0.3 is 4.74 Å². The molecule has 1 aliphatic rings. The molecule has 4 rings (SSSR count). The third kappa shape index (κ3) is 5.65. The van der Waals surface area contributed by atoms with Gasteiger partial charge in [-0.1, -0.05) is 81.1 Å². The molecule has 0 atom stereocenters. The molecule has 4 heteroatoms. The predicted octanol–water partition coefficient (Wildman–Crippen LogP) is 9.25. The molecule has 1 saturated carbocycles. The number of alkyl halides is 2. The van der Waals surface area contributed by atoms with Crippen molar-refractivity contribution in [3.63, 3.8) is 0 Å². The van der Waals surface area contributed by atoms with Crippen LogP contribution in [0.3, 0.4) is 0 Å². The molecule has 34 heavy (non-hydrogen) atoms. The molecule has 0 bridgehead atoms. The second kappa shape index (κ2) is 11.1. The number of hydrogen-bond donors (Lipinski definition) is 0. The van der Waals surface area contributed by atoms with Gasteiger partial charge in [-0.2, -0.15) is 0 Å². The Labute approximate surface area is 201 Å². The molecule has 180 valence electrons. The number of benzene rings is 3. The summed E-state index contributed by atoms with van der Waals surface area (Å²) in [5, 5.41) is 0. The van der Waals surface area contributed by atoms with Crippen LogP contribution >= 0.6 is 0 Å². The summed E-state index contributed by atoms with van der Waals surface area (Å²) in [5.74, 6) is 0.611. The molecule has 0 heterocycles. The summed E-state index contributed by atoms with van der Waals surface area (Å²) in [4.78, 5) is 0. The molecule has 1 fully saturated rings. The molecule has 0 saturated heterocycles. The maximum Gasteiger partial charge on any atom is 0.267 e. The summed E-state index contributed by atoms with van der Waals surface area (Å²) in [7, 11) is 0. The second-order valence-electron chi connectivity index (χ2n) is 9.51. The largest absolute Gasteiger partial charge is 0.491 e. The topological polar surface area (TPSA) is 9.23 Å². The van der Waals surface area contributed by atoms with Gasteiger partial charge >= 0.3 is 0 Å². The van der Waals surface area contributed by atoms with Crippen LogP contribution in [-0.2, 0) is 6.42 Å². The standard InChI is InChI=1S/C30H33F3O/c1-3-34-27-19-18-26(28(29(27)31)30(32)33)25-16-14-24(15-17-25)23-12-10-22(11-13-23)9-8-21-6-4-20(2)5-7-21/h10-21,30H,3-9H2,1-2H3. The van der Waals surface area contributed by atoms with Gasteiger partial charge in [0.2, 0.25) is 0 Å². The molecule has 1 aliphatic carbocycles. The quantitative estimate of drug-likeness (QED) is 0.321. The van der Waals surface area contributed by atoms with Gasteiger partial charge in [-0.25, -0.2) is 13.2 Å². The van der Waals surface area contributed by atoms with Crippen LogP contribution in [0.5, 0.6) is 5.75 Å². The van der Waals surface area contributed by atoms with E-state index in [0.717, 1.165) is 29.4 Å². The average molecular weight is 467 g/mol. The van der Waals surface area contributed by atoms with Crippen molar-refractivity contribution in [1.82, 2.24) is 0 Å². The van der Waals surface area contributed by atoms with E-state index in [-0.39, 0.29) is 17.9 Å². The van der Waals surface area contributed by atoms with Crippen molar-refractivity contribution < 1.29 is 17.9 Å². The Balaban J connectivity index is 1.46. The highest BCUT2D eigenvalue weighted by molar-refractivity contribution is 5.73. The zero-order valence-corrected chi connectivity index (χ0v) is 20.0. The highest BCUT2D eigenvalue weighted by Gasteiger charge is 2.23. The second-order valence-corrected chi connectivity index (χ2v) is 9.51. The van der Waals surface area contributed by atoms with E-state index in [2.05, 4.69) is 31.2 Å². The van der Waals surface area contributed by atoms with Gasteiger partial charge in [0.15, 0.2) is 11.6 Å². The van der Waals surface area contributed by atoms with Gasteiger partial charge in [0.1, 0.15) is 0 Å². The van der Waals surface area contributed by atoms with Gasteiger partial charge in [-0.15, -0.1) is 0 Å². The van der Waals surface area contributed by atoms with Crippen molar-refractivity contribution in [3.05, 3.63) is 77.6 Å². The van der Waals surface area contributed by atoms with Gasteiger partial charge in [-0.3, -0.25) is 0 Å². The van der Waals surface area contributed by atoms with Crippen LogP contribution < -0.4 is 4.74 Å². The Morgan fingerprint density at radius 1 is 0.824 bits per heavy atom. The highest BCUT2D eigenvalue weighted by Crippen LogP contribution is 2.38. The number of aryl methyl sites for hydroxylation is 1. The molecule has 0 aromatic heterocycles. The van der Waals surface area contributed by atoms with E-state index in [9.17, 15) is 13.2 Å². The van der Waals surface area contributed by atoms with Crippen molar-refractivity contribution in [2.45, 2.75) is 58.8 Å². The molecule has 3 aromatic carbocycles. The number of halogens is 3. The minimum atomic E-state index is -2.93. The maximum absolute atomic E-state index is 14.6. The van der Waals surface area contributed by atoms with E-state index in [1.807, 2.05) is 12.1 Å². The first-order valence-corrected chi connectivity index (χ1v) is 12.4. The smallest absolute Gasteiger partial charge is 0.267 e. The third-order valence-electron chi connectivity index (χ3n) is 7.12. The normalized spacial score (nSPS) is 18.3. The van der Waals surface area contributed by atoms with Crippen LogP contribution in [0.1, 0.15) is 63.5 Å². The fourth-order valence-electron chi connectivity index (χ4n) is 5.00. The Morgan fingerprint density at radius 3 is 2.00 bits per heavy atom. The van der Waals surface area contributed by atoms with E-state index in [1.54, 1.807) is 19.1 Å². The minimum Gasteiger partial charge on any atom is -0.491 e. The summed E-state index contributed by atoms with van der Waals surface area (Å²) in [6.45, 7) is 4.26. The Hall–Kier alpha value is -2.75. The molecular weight excluding hydrogens is 433 g/mol. The fraction of sp³-hybridized carbons (Fsp3) is 0.400. The van der Waals surface area contributed by atoms with Crippen molar-refractivity contribution in [2.24, 2.45) is 11.8 Å². The molecule has 0 unspecified atom stereocenters. The number of hydrogen-bond acceptors (Lipinski definition) is 1. The molecular formula is C30H33F3O. The first-order chi connectivity index (χ1) is 16.5. The Morgan fingerprint density at radius 2 is 1.41 bits per heavy atom. The zero-order valence-electron chi connectivity index (χ0n) is 20.0. The fourth-order valence-corrected chi connectivity index (χ4v) is 5.00. The lowest BCUT2D eigenvalue weighted by molar-refractivity contribution is 0.145. The van der Waals surface area contributed by atoms with Crippen molar-refractivity contribution in [2.75, 3.05) is 6.61 Å². The minimum absolute atomic E-state index is 0.142. The average Bonchev–Trinajstić information content (AvgIpc) is 2.85. The Kier molecular flexibility index (Phi) is 7.97. The van der Waals surface area contributed by atoms with E-state index in [1.165, 1.54) is 49.8 Å². The SMILES string of the molecule is CCOc1ccc(-c2ccc(-c3ccc(CCC4CCC(C)CC4)cc3)cc2)c(C(F)F)c1F. The molecule has 0 amide bonds. The first-order valence-electron chi connectivity index (χ1n) is 12.4.